The molecule has 0 amide bonds. The van der Waals surface area contributed by atoms with Crippen LogP contribution in [0.1, 0.15) is 6.42 Å². The van der Waals surface area contributed by atoms with Crippen LogP contribution in [0.4, 0.5) is 0 Å². The van der Waals surface area contributed by atoms with E-state index in [4.69, 9.17) is 5.11 Å². The minimum absolute atomic E-state index is 0.0272. The Morgan fingerprint density at radius 2 is 2.29 bits per heavy atom. The Balaban J connectivity index is 2.33. The predicted molar refractivity (Wildman–Crippen MR) is 33.6 cm³/mol. The van der Waals surface area contributed by atoms with E-state index >= 15 is 0 Å². The van der Waals surface area contributed by atoms with Gasteiger partial charge >= 0.3 is 5.97 Å². The summed E-state index contributed by atoms with van der Waals surface area (Å²) in [6.45, 7) is 0. The molecule has 0 aromatic carbocycles. The van der Waals surface area contributed by atoms with Gasteiger partial charge in [0.25, 0.3) is 0 Å². The van der Waals surface area contributed by atoms with Gasteiger partial charge in [0, 0.05) is 3.92 Å². The Kier molecular flexibility index (Phi) is 1.23. The lowest BCUT2D eigenvalue weighted by molar-refractivity contribution is -0.138. The second-order valence-electron chi connectivity index (χ2n) is 1.70. The van der Waals surface area contributed by atoms with Gasteiger partial charge in [0.2, 0.25) is 0 Å². The highest BCUT2D eigenvalue weighted by Crippen LogP contribution is 2.37. The lowest BCUT2D eigenvalue weighted by atomic mass is 10.5. The van der Waals surface area contributed by atoms with Crippen LogP contribution >= 0.6 is 22.6 Å². The SMILES string of the molecule is O=C(O)[C@@H]1CC1I. The molecule has 1 aliphatic carbocycles. The van der Waals surface area contributed by atoms with Crippen LogP contribution in [-0.4, -0.2) is 15.0 Å². The summed E-state index contributed by atoms with van der Waals surface area (Å²) in [5.74, 6) is -0.667. The molecule has 0 bridgehead atoms. The van der Waals surface area contributed by atoms with Crippen molar-refractivity contribution in [3.05, 3.63) is 0 Å². The van der Waals surface area contributed by atoms with Crippen molar-refractivity contribution < 1.29 is 9.90 Å². The fourth-order valence-electron chi connectivity index (χ4n) is 0.420. The summed E-state index contributed by atoms with van der Waals surface area (Å²) in [6, 6.07) is 0. The largest absolute Gasteiger partial charge is 0.481 e. The van der Waals surface area contributed by atoms with Crippen LogP contribution in [0.3, 0.4) is 0 Å². The second-order valence-corrected chi connectivity index (χ2v) is 3.30. The third-order valence-corrected chi connectivity index (χ3v) is 2.41. The van der Waals surface area contributed by atoms with Gasteiger partial charge in [0.1, 0.15) is 0 Å². The maximum absolute atomic E-state index is 9.97. The molecule has 0 saturated heterocycles. The lowest BCUT2D eigenvalue weighted by Crippen LogP contribution is -1.97. The molecule has 40 valence electrons. The molecule has 1 fully saturated rings. The summed E-state index contributed by atoms with van der Waals surface area (Å²) in [7, 11) is 0. The topological polar surface area (TPSA) is 37.3 Å². The summed E-state index contributed by atoms with van der Waals surface area (Å²) in [6.07, 6.45) is 0.871. The Labute approximate surface area is 55.0 Å². The number of aliphatic carboxylic acids is 1. The normalized spacial score (nSPS) is 37.9. The minimum Gasteiger partial charge on any atom is -0.481 e. The van der Waals surface area contributed by atoms with E-state index in [0.29, 0.717) is 3.92 Å². The van der Waals surface area contributed by atoms with Gasteiger partial charge in [0.05, 0.1) is 5.92 Å². The van der Waals surface area contributed by atoms with Crippen molar-refractivity contribution in [3.63, 3.8) is 0 Å². The smallest absolute Gasteiger partial charge is 0.307 e. The van der Waals surface area contributed by atoms with E-state index in [9.17, 15) is 4.79 Å². The molecule has 0 aromatic heterocycles. The third kappa shape index (κ3) is 1.05. The zero-order valence-electron chi connectivity index (χ0n) is 3.60. The molecular formula is C4H5IO2. The number of hydrogen-bond acceptors (Lipinski definition) is 1. The number of hydrogen-bond donors (Lipinski definition) is 1. The van der Waals surface area contributed by atoms with E-state index < -0.39 is 5.97 Å². The van der Waals surface area contributed by atoms with E-state index in [1.807, 2.05) is 0 Å². The van der Waals surface area contributed by atoms with Crippen LogP contribution in [0.15, 0.2) is 0 Å². The van der Waals surface area contributed by atoms with Crippen LogP contribution in [0.25, 0.3) is 0 Å². The van der Waals surface area contributed by atoms with Crippen molar-refractivity contribution in [2.45, 2.75) is 10.3 Å². The van der Waals surface area contributed by atoms with E-state index in [0.717, 1.165) is 6.42 Å². The van der Waals surface area contributed by atoms with Crippen molar-refractivity contribution in [2.24, 2.45) is 5.92 Å². The predicted octanol–water partition coefficient (Wildman–Crippen LogP) is 0.895. The molecule has 3 heteroatoms. The highest BCUT2D eigenvalue weighted by Gasteiger charge is 2.40. The summed E-state index contributed by atoms with van der Waals surface area (Å²) < 4.78 is 0.412. The monoisotopic (exact) mass is 212 g/mol. The Morgan fingerprint density at radius 1 is 1.86 bits per heavy atom. The first kappa shape index (κ1) is 5.34. The summed E-state index contributed by atoms with van der Waals surface area (Å²) in [4.78, 5) is 9.97. The van der Waals surface area contributed by atoms with Crippen LogP contribution in [0.5, 0.6) is 0 Å². The second kappa shape index (κ2) is 1.61. The van der Waals surface area contributed by atoms with E-state index in [1.165, 1.54) is 0 Å². The molecule has 7 heavy (non-hydrogen) atoms. The van der Waals surface area contributed by atoms with E-state index in [2.05, 4.69) is 22.6 Å². The lowest BCUT2D eigenvalue weighted by Gasteiger charge is -1.78. The van der Waals surface area contributed by atoms with E-state index in [1.54, 1.807) is 0 Å². The first-order valence-corrected chi connectivity index (χ1v) is 3.33. The third-order valence-electron chi connectivity index (χ3n) is 1.03. The molecule has 0 aliphatic heterocycles. The van der Waals surface area contributed by atoms with Crippen molar-refractivity contribution >= 4 is 28.6 Å². The van der Waals surface area contributed by atoms with E-state index in [-0.39, 0.29) is 5.92 Å². The minimum atomic E-state index is -0.639. The number of alkyl halides is 1. The maximum Gasteiger partial charge on any atom is 0.307 e. The van der Waals surface area contributed by atoms with Gasteiger partial charge < -0.3 is 5.11 Å². The van der Waals surface area contributed by atoms with Crippen LogP contribution in [-0.2, 0) is 4.79 Å². The van der Waals surface area contributed by atoms with Crippen molar-refractivity contribution in [1.82, 2.24) is 0 Å². The molecule has 2 nitrogen and oxygen atoms in total. The first-order chi connectivity index (χ1) is 3.22. The first-order valence-electron chi connectivity index (χ1n) is 2.08. The molecule has 1 aliphatic rings. The molecule has 0 aromatic rings. The van der Waals surface area contributed by atoms with Gasteiger partial charge in [0.15, 0.2) is 0 Å². The van der Waals surface area contributed by atoms with Gasteiger partial charge in [-0.2, -0.15) is 0 Å². The Bertz CT molecular complexity index is 102. The van der Waals surface area contributed by atoms with Crippen molar-refractivity contribution in [1.29, 1.82) is 0 Å². The zero-order valence-corrected chi connectivity index (χ0v) is 5.75. The maximum atomic E-state index is 9.97. The number of halogens is 1. The fraction of sp³-hybridized carbons (Fsp3) is 0.750. The van der Waals surface area contributed by atoms with Crippen molar-refractivity contribution in [3.8, 4) is 0 Å². The van der Waals surface area contributed by atoms with Crippen LogP contribution < -0.4 is 0 Å². The Morgan fingerprint density at radius 3 is 2.29 bits per heavy atom. The highest BCUT2D eigenvalue weighted by atomic mass is 127. The molecule has 0 heterocycles. The average Bonchev–Trinajstić information content (AvgIpc) is 2.17. The number of carboxylic acid groups (broad SMARTS) is 1. The fourth-order valence-corrected chi connectivity index (χ4v) is 1.28. The Hall–Kier alpha value is 0.200. The molecule has 1 unspecified atom stereocenters. The van der Waals surface area contributed by atoms with Gasteiger partial charge in [-0.1, -0.05) is 22.6 Å². The quantitative estimate of drug-likeness (QED) is 0.517. The van der Waals surface area contributed by atoms with Crippen LogP contribution in [0, 0.1) is 5.92 Å². The summed E-state index contributed by atoms with van der Waals surface area (Å²) in [5.41, 5.74) is 0. The van der Waals surface area contributed by atoms with Gasteiger partial charge in [-0.3, -0.25) is 4.79 Å². The molecule has 0 spiro atoms. The average molecular weight is 212 g/mol. The molecule has 2 atom stereocenters. The molecular weight excluding hydrogens is 207 g/mol. The molecule has 0 radical (unpaired) electrons. The molecule has 1 saturated carbocycles. The van der Waals surface area contributed by atoms with Gasteiger partial charge in [-0.05, 0) is 6.42 Å². The number of carbonyl (C=O) groups is 1. The van der Waals surface area contributed by atoms with Crippen molar-refractivity contribution in [2.75, 3.05) is 0 Å². The zero-order chi connectivity index (χ0) is 5.44. The van der Waals surface area contributed by atoms with Crippen LogP contribution in [0.2, 0.25) is 0 Å². The number of rotatable bonds is 1. The summed E-state index contributed by atoms with van der Waals surface area (Å²) in [5, 5.41) is 8.22. The molecule has 1 N–H and O–H groups in total. The molecule has 1 rings (SSSR count). The standard InChI is InChI=1S/C4H5IO2/c5-3-1-2(3)4(6)7/h2-3H,1H2,(H,6,7)/t2-,3?/m1/s1. The number of carboxylic acids is 1. The summed E-state index contributed by atoms with van der Waals surface area (Å²) >= 11 is 2.15. The van der Waals surface area contributed by atoms with Gasteiger partial charge in [-0.25, -0.2) is 0 Å². The highest BCUT2D eigenvalue weighted by molar-refractivity contribution is 14.1. The van der Waals surface area contributed by atoms with Gasteiger partial charge in [-0.15, -0.1) is 0 Å².